The predicted octanol–water partition coefficient (Wildman–Crippen LogP) is 2.15. The lowest BCUT2D eigenvalue weighted by Gasteiger charge is -2.36. The van der Waals surface area contributed by atoms with Crippen LogP contribution in [-0.4, -0.2) is 44.9 Å². The SMILES string of the molecule is CC1Cn2ncc(N3CCCC3=O)c2CN1C(=O)OC(C)(C)C. The quantitative estimate of drug-likeness (QED) is 0.795. The number of amides is 2. The van der Waals surface area contributed by atoms with Gasteiger partial charge in [-0.1, -0.05) is 0 Å². The molecule has 1 saturated heterocycles. The fraction of sp³-hybridized carbons (Fsp3) is 0.688. The van der Waals surface area contributed by atoms with Crippen molar-refractivity contribution in [3.05, 3.63) is 11.9 Å². The summed E-state index contributed by atoms with van der Waals surface area (Å²) in [6.07, 6.45) is 2.87. The van der Waals surface area contributed by atoms with Gasteiger partial charge in [0.05, 0.1) is 36.7 Å². The van der Waals surface area contributed by atoms with E-state index in [1.54, 1.807) is 16.0 Å². The number of hydrogen-bond donors (Lipinski definition) is 0. The lowest BCUT2D eigenvalue weighted by Crippen LogP contribution is -2.47. The summed E-state index contributed by atoms with van der Waals surface area (Å²) in [6, 6.07) is -0.000574. The molecule has 1 fully saturated rings. The Morgan fingerprint density at radius 3 is 2.74 bits per heavy atom. The molecule has 0 saturated carbocycles. The Hall–Kier alpha value is -2.05. The van der Waals surface area contributed by atoms with Gasteiger partial charge in [0.25, 0.3) is 0 Å². The summed E-state index contributed by atoms with van der Waals surface area (Å²) >= 11 is 0. The maximum Gasteiger partial charge on any atom is 0.410 e. The molecule has 2 aliphatic heterocycles. The van der Waals surface area contributed by atoms with Crippen molar-refractivity contribution in [3.8, 4) is 0 Å². The van der Waals surface area contributed by atoms with Gasteiger partial charge in [-0.3, -0.25) is 14.4 Å². The van der Waals surface area contributed by atoms with E-state index in [1.807, 2.05) is 32.4 Å². The first-order valence-corrected chi connectivity index (χ1v) is 8.11. The summed E-state index contributed by atoms with van der Waals surface area (Å²) in [5, 5.41) is 4.40. The Morgan fingerprint density at radius 2 is 2.13 bits per heavy atom. The number of anilines is 1. The Labute approximate surface area is 136 Å². The summed E-state index contributed by atoms with van der Waals surface area (Å²) in [4.78, 5) is 28.0. The fourth-order valence-electron chi connectivity index (χ4n) is 3.08. The average Bonchev–Trinajstić information content (AvgIpc) is 3.01. The Morgan fingerprint density at radius 1 is 1.39 bits per heavy atom. The van der Waals surface area contributed by atoms with Crippen molar-refractivity contribution in [2.75, 3.05) is 11.4 Å². The van der Waals surface area contributed by atoms with E-state index in [0.29, 0.717) is 19.5 Å². The first-order chi connectivity index (χ1) is 10.8. The highest BCUT2D eigenvalue weighted by Crippen LogP contribution is 2.30. The molecular weight excluding hydrogens is 296 g/mol. The molecule has 3 heterocycles. The van der Waals surface area contributed by atoms with Gasteiger partial charge in [-0.2, -0.15) is 5.10 Å². The van der Waals surface area contributed by atoms with E-state index in [0.717, 1.165) is 24.3 Å². The molecule has 2 aliphatic rings. The van der Waals surface area contributed by atoms with E-state index >= 15 is 0 Å². The molecule has 0 spiro atoms. The van der Waals surface area contributed by atoms with Crippen LogP contribution in [0.25, 0.3) is 0 Å². The zero-order valence-corrected chi connectivity index (χ0v) is 14.2. The van der Waals surface area contributed by atoms with Crippen molar-refractivity contribution in [3.63, 3.8) is 0 Å². The zero-order valence-electron chi connectivity index (χ0n) is 14.2. The summed E-state index contributed by atoms with van der Waals surface area (Å²) < 4.78 is 7.40. The van der Waals surface area contributed by atoms with Crippen LogP contribution in [0.2, 0.25) is 0 Å². The summed E-state index contributed by atoms with van der Waals surface area (Å²) in [5.41, 5.74) is 1.21. The van der Waals surface area contributed by atoms with Crippen molar-refractivity contribution < 1.29 is 14.3 Å². The van der Waals surface area contributed by atoms with E-state index in [9.17, 15) is 9.59 Å². The number of fused-ring (bicyclic) bond motifs is 1. The lowest BCUT2D eigenvalue weighted by molar-refractivity contribution is -0.117. The smallest absolute Gasteiger partial charge is 0.410 e. The third-order valence-electron chi connectivity index (χ3n) is 4.21. The number of ether oxygens (including phenoxy) is 1. The van der Waals surface area contributed by atoms with Crippen molar-refractivity contribution in [1.82, 2.24) is 14.7 Å². The number of nitrogens with zero attached hydrogens (tertiary/aromatic N) is 4. The average molecular weight is 320 g/mol. The summed E-state index contributed by atoms with van der Waals surface area (Å²) in [6.45, 7) is 9.30. The molecule has 0 aliphatic carbocycles. The minimum absolute atomic E-state index is 0.000574. The molecule has 1 aromatic heterocycles. The Bertz CT molecular complexity index is 632. The minimum Gasteiger partial charge on any atom is -0.444 e. The van der Waals surface area contributed by atoms with Gasteiger partial charge in [-0.25, -0.2) is 4.79 Å². The minimum atomic E-state index is -0.526. The van der Waals surface area contributed by atoms with Crippen LogP contribution in [0.3, 0.4) is 0 Å². The molecule has 0 N–H and O–H groups in total. The number of hydrogen-bond acceptors (Lipinski definition) is 4. The largest absolute Gasteiger partial charge is 0.444 e. The van der Waals surface area contributed by atoms with Gasteiger partial charge in [0.2, 0.25) is 5.91 Å². The molecule has 1 aromatic rings. The molecule has 0 radical (unpaired) electrons. The molecule has 3 rings (SSSR count). The summed E-state index contributed by atoms with van der Waals surface area (Å²) in [5.74, 6) is 0.128. The van der Waals surface area contributed by atoms with Crippen LogP contribution in [0, 0.1) is 0 Å². The van der Waals surface area contributed by atoms with Gasteiger partial charge >= 0.3 is 6.09 Å². The molecule has 2 amide bonds. The maximum absolute atomic E-state index is 12.4. The van der Waals surface area contributed by atoms with Gasteiger partial charge in [0, 0.05) is 13.0 Å². The topological polar surface area (TPSA) is 67.7 Å². The van der Waals surface area contributed by atoms with E-state index in [2.05, 4.69) is 5.10 Å². The molecular formula is C16H24N4O3. The molecule has 0 bridgehead atoms. The highest BCUT2D eigenvalue weighted by Gasteiger charge is 2.35. The van der Waals surface area contributed by atoms with Crippen LogP contribution < -0.4 is 4.90 Å². The Balaban J connectivity index is 1.84. The first kappa shape index (κ1) is 15.8. The van der Waals surface area contributed by atoms with Gasteiger partial charge < -0.3 is 9.64 Å². The molecule has 23 heavy (non-hydrogen) atoms. The van der Waals surface area contributed by atoms with Crippen LogP contribution in [0.15, 0.2) is 6.20 Å². The van der Waals surface area contributed by atoms with Gasteiger partial charge in [0.15, 0.2) is 0 Å². The molecule has 1 unspecified atom stereocenters. The molecule has 0 aromatic carbocycles. The Kier molecular flexibility index (Phi) is 3.82. The van der Waals surface area contributed by atoms with E-state index in [-0.39, 0.29) is 18.0 Å². The van der Waals surface area contributed by atoms with Crippen LogP contribution in [0.1, 0.15) is 46.2 Å². The second-order valence-electron chi connectivity index (χ2n) is 7.26. The van der Waals surface area contributed by atoms with Crippen LogP contribution >= 0.6 is 0 Å². The number of rotatable bonds is 1. The van der Waals surface area contributed by atoms with E-state index in [1.165, 1.54) is 0 Å². The molecule has 126 valence electrons. The third-order valence-corrected chi connectivity index (χ3v) is 4.21. The van der Waals surface area contributed by atoms with Crippen molar-refractivity contribution in [2.45, 2.75) is 65.3 Å². The predicted molar refractivity (Wildman–Crippen MR) is 85.1 cm³/mol. The maximum atomic E-state index is 12.4. The molecule has 1 atom stereocenters. The van der Waals surface area contributed by atoms with Crippen molar-refractivity contribution in [2.24, 2.45) is 0 Å². The highest BCUT2D eigenvalue weighted by atomic mass is 16.6. The van der Waals surface area contributed by atoms with Crippen molar-refractivity contribution in [1.29, 1.82) is 0 Å². The van der Waals surface area contributed by atoms with Gasteiger partial charge in [-0.15, -0.1) is 0 Å². The van der Waals surface area contributed by atoms with Crippen LogP contribution in [-0.2, 0) is 22.6 Å². The van der Waals surface area contributed by atoms with Crippen LogP contribution in [0.4, 0.5) is 10.5 Å². The van der Waals surface area contributed by atoms with Crippen molar-refractivity contribution >= 4 is 17.7 Å². The second kappa shape index (κ2) is 5.54. The first-order valence-electron chi connectivity index (χ1n) is 8.11. The van der Waals surface area contributed by atoms with E-state index < -0.39 is 5.60 Å². The number of aromatic nitrogens is 2. The fourth-order valence-corrected chi connectivity index (χ4v) is 3.08. The van der Waals surface area contributed by atoms with Crippen LogP contribution in [0.5, 0.6) is 0 Å². The zero-order chi connectivity index (χ0) is 16.8. The normalized spacial score (nSPS) is 21.6. The molecule has 7 nitrogen and oxygen atoms in total. The highest BCUT2D eigenvalue weighted by molar-refractivity contribution is 5.95. The van der Waals surface area contributed by atoms with Gasteiger partial charge in [-0.05, 0) is 34.1 Å². The standard InChI is InChI=1S/C16H24N4O3/c1-11-9-20-13(10-19(11)15(22)23-16(2,3)4)12(8-17-20)18-7-5-6-14(18)21/h8,11H,5-7,9-10H2,1-4H3. The second-order valence-corrected chi connectivity index (χ2v) is 7.26. The number of carbonyl (C=O) groups is 2. The molecule has 7 heteroatoms. The summed E-state index contributed by atoms with van der Waals surface area (Å²) in [7, 11) is 0. The monoisotopic (exact) mass is 320 g/mol. The van der Waals surface area contributed by atoms with E-state index in [4.69, 9.17) is 4.74 Å². The number of carbonyl (C=O) groups excluding carboxylic acids is 2. The van der Waals surface area contributed by atoms with Gasteiger partial charge in [0.1, 0.15) is 5.60 Å². The lowest BCUT2D eigenvalue weighted by atomic mass is 10.2. The third kappa shape index (κ3) is 3.04.